The first-order chi connectivity index (χ1) is 14.0. The number of nitrogens with one attached hydrogen (secondary N) is 1. The molecule has 0 radical (unpaired) electrons. The standard InChI is InChI=1S/C20H20Cl2N4O2S/c1-3-26-18(11-28-17-7-5-4-6-15(17)22)24-25-20(26)29-12-19(27)23-16-9-8-14(21)10-13(16)2/h4-10H,3,11-12H2,1-2H3,(H,23,27). The summed E-state index contributed by atoms with van der Waals surface area (Å²) in [5.41, 5.74) is 1.65. The highest BCUT2D eigenvalue weighted by Crippen LogP contribution is 2.25. The summed E-state index contributed by atoms with van der Waals surface area (Å²) < 4.78 is 7.67. The van der Waals surface area contributed by atoms with E-state index in [0.717, 1.165) is 11.3 Å². The lowest BCUT2D eigenvalue weighted by Gasteiger charge is -2.10. The zero-order valence-corrected chi connectivity index (χ0v) is 18.3. The molecule has 6 nitrogen and oxygen atoms in total. The Hall–Kier alpha value is -2.22. The van der Waals surface area contributed by atoms with E-state index in [9.17, 15) is 4.79 Å². The summed E-state index contributed by atoms with van der Waals surface area (Å²) >= 11 is 13.4. The van der Waals surface area contributed by atoms with Gasteiger partial charge < -0.3 is 14.6 Å². The summed E-state index contributed by atoms with van der Waals surface area (Å²) in [4.78, 5) is 12.3. The highest BCUT2D eigenvalue weighted by molar-refractivity contribution is 7.99. The van der Waals surface area contributed by atoms with Gasteiger partial charge in [-0.1, -0.05) is 47.1 Å². The minimum atomic E-state index is -0.125. The number of halogens is 2. The number of aromatic nitrogens is 3. The third kappa shape index (κ3) is 5.65. The van der Waals surface area contributed by atoms with E-state index in [0.29, 0.717) is 33.3 Å². The zero-order valence-electron chi connectivity index (χ0n) is 16.0. The summed E-state index contributed by atoms with van der Waals surface area (Å²) in [6.07, 6.45) is 0. The SMILES string of the molecule is CCn1c(COc2ccccc2Cl)nnc1SCC(=O)Nc1ccc(Cl)cc1C. The number of aryl methyl sites for hydroxylation is 1. The van der Waals surface area contributed by atoms with Gasteiger partial charge in [-0.25, -0.2) is 0 Å². The van der Waals surface area contributed by atoms with Crippen molar-refractivity contribution in [3.63, 3.8) is 0 Å². The molecule has 3 rings (SSSR count). The molecule has 0 aliphatic carbocycles. The van der Waals surface area contributed by atoms with Crippen LogP contribution in [-0.2, 0) is 17.9 Å². The quantitative estimate of drug-likeness (QED) is 0.476. The Labute approximate surface area is 183 Å². The molecule has 1 aromatic heterocycles. The van der Waals surface area contributed by atoms with Gasteiger partial charge in [0.15, 0.2) is 11.0 Å². The van der Waals surface area contributed by atoms with Gasteiger partial charge in [-0.05, 0) is 49.7 Å². The van der Waals surface area contributed by atoms with Crippen LogP contribution < -0.4 is 10.1 Å². The van der Waals surface area contributed by atoms with E-state index in [1.54, 1.807) is 24.3 Å². The summed E-state index contributed by atoms with van der Waals surface area (Å²) in [5, 5.41) is 13.1. The van der Waals surface area contributed by atoms with E-state index < -0.39 is 0 Å². The number of thioether (sulfide) groups is 1. The van der Waals surface area contributed by atoms with Gasteiger partial charge in [0.05, 0.1) is 10.8 Å². The number of rotatable bonds is 8. The van der Waals surface area contributed by atoms with Gasteiger partial charge in [0, 0.05) is 17.3 Å². The van der Waals surface area contributed by atoms with Crippen molar-refractivity contribution in [2.75, 3.05) is 11.1 Å². The maximum atomic E-state index is 12.3. The second-order valence-corrected chi connectivity index (χ2v) is 7.94. The number of anilines is 1. The van der Waals surface area contributed by atoms with Gasteiger partial charge in [-0.3, -0.25) is 4.79 Å². The van der Waals surface area contributed by atoms with Crippen LogP contribution in [0.4, 0.5) is 5.69 Å². The molecule has 3 aromatic rings. The first-order valence-corrected chi connectivity index (χ1v) is 10.7. The molecule has 2 aromatic carbocycles. The molecule has 0 fully saturated rings. The summed E-state index contributed by atoms with van der Waals surface area (Å²) in [6, 6.07) is 12.6. The first kappa shape index (κ1) is 21.5. The number of benzene rings is 2. The van der Waals surface area contributed by atoms with Gasteiger partial charge in [0.25, 0.3) is 0 Å². The van der Waals surface area contributed by atoms with Crippen LogP contribution in [-0.4, -0.2) is 26.4 Å². The minimum absolute atomic E-state index is 0.125. The largest absolute Gasteiger partial charge is 0.484 e. The molecule has 152 valence electrons. The summed E-state index contributed by atoms with van der Waals surface area (Å²) in [5.74, 6) is 1.35. The summed E-state index contributed by atoms with van der Waals surface area (Å²) in [6.45, 7) is 4.78. The third-order valence-corrected chi connectivity index (χ3v) is 5.61. The first-order valence-electron chi connectivity index (χ1n) is 8.96. The molecule has 0 spiro atoms. The van der Waals surface area contributed by atoms with Crippen molar-refractivity contribution < 1.29 is 9.53 Å². The molecule has 0 aliphatic heterocycles. The van der Waals surface area contributed by atoms with E-state index in [1.807, 2.05) is 36.6 Å². The smallest absolute Gasteiger partial charge is 0.234 e. The topological polar surface area (TPSA) is 69.0 Å². The van der Waals surface area contributed by atoms with Gasteiger partial charge in [0.2, 0.25) is 5.91 Å². The highest BCUT2D eigenvalue weighted by atomic mass is 35.5. The lowest BCUT2D eigenvalue weighted by molar-refractivity contribution is -0.113. The van der Waals surface area contributed by atoms with E-state index in [1.165, 1.54) is 11.8 Å². The van der Waals surface area contributed by atoms with Gasteiger partial charge >= 0.3 is 0 Å². The Morgan fingerprint density at radius 2 is 2.00 bits per heavy atom. The molecule has 1 amide bonds. The van der Waals surface area contributed by atoms with Crippen molar-refractivity contribution in [3.05, 3.63) is 63.9 Å². The number of hydrogen-bond donors (Lipinski definition) is 1. The molecule has 0 unspecified atom stereocenters. The normalized spacial score (nSPS) is 10.8. The zero-order chi connectivity index (χ0) is 20.8. The molecular weight excluding hydrogens is 431 g/mol. The second kappa shape index (κ2) is 10.0. The van der Waals surface area contributed by atoms with Crippen molar-refractivity contribution >= 4 is 46.6 Å². The van der Waals surface area contributed by atoms with Crippen LogP contribution in [0.25, 0.3) is 0 Å². The maximum Gasteiger partial charge on any atom is 0.234 e. The molecule has 1 heterocycles. The molecular formula is C20H20Cl2N4O2S. The Bertz CT molecular complexity index is 1010. The van der Waals surface area contributed by atoms with Crippen LogP contribution in [0.5, 0.6) is 5.75 Å². The Balaban J connectivity index is 1.59. The molecule has 0 aliphatic rings. The van der Waals surface area contributed by atoms with Crippen LogP contribution in [0.1, 0.15) is 18.3 Å². The highest BCUT2D eigenvalue weighted by Gasteiger charge is 2.14. The fourth-order valence-corrected chi connectivity index (χ4v) is 3.88. The molecule has 0 saturated carbocycles. The van der Waals surface area contributed by atoms with Crippen LogP contribution in [0.2, 0.25) is 10.0 Å². The number of carbonyl (C=O) groups is 1. The van der Waals surface area contributed by atoms with Crippen LogP contribution >= 0.6 is 35.0 Å². The molecule has 0 atom stereocenters. The third-order valence-electron chi connectivity index (χ3n) is 4.10. The van der Waals surface area contributed by atoms with Crippen molar-refractivity contribution in [1.82, 2.24) is 14.8 Å². The minimum Gasteiger partial charge on any atom is -0.484 e. The van der Waals surface area contributed by atoms with Gasteiger partial charge in [-0.2, -0.15) is 0 Å². The average Bonchev–Trinajstić information content (AvgIpc) is 3.10. The molecule has 1 N–H and O–H groups in total. The predicted octanol–water partition coefficient (Wildman–Crippen LogP) is 5.22. The van der Waals surface area contributed by atoms with Gasteiger partial charge in [0.1, 0.15) is 12.4 Å². The van der Waals surface area contributed by atoms with Crippen LogP contribution in [0, 0.1) is 6.92 Å². The van der Waals surface area contributed by atoms with E-state index >= 15 is 0 Å². The Morgan fingerprint density at radius 1 is 1.21 bits per heavy atom. The number of ether oxygens (including phenoxy) is 1. The number of amides is 1. The van der Waals surface area contributed by atoms with Crippen molar-refractivity contribution in [2.24, 2.45) is 0 Å². The number of nitrogens with zero attached hydrogens (tertiary/aromatic N) is 3. The molecule has 9 heteroatoms. The van der Waals surface area contributed by atoms with Crippen LogP contribution in [0.3, 0.4) is 0 Å². The van der Waals surface area contributed by atoms with Crippen molar-refractivity contribution in [2.45, 2.75) is 32.2 Å². The van der Waals surface area contributed by atoms with E-state index in [-0.39, 0.29) is 18.3 Å². The average molecular weight is 451 g/mol. The second-order valence-electron chi connectivity index (χ2n) is 6.16. The fraction of sp³-hybridized carbons (Fsp3) is 0.250. The van der Waals surface area contributed by atoms with Crippen molar-refractivity contribution in [3.8, 4) is 5.75 Å². The molecule has 29 heavy (non-hydrogen) atoms. The van der Waals surface area contributed by atoms with E-state index in [2.05, 4.69) is 15.5 Å². The van der Waals surface area contributed by atoms with Gasteiger partial charge in [-0.15, -0.1) is 10.2 Å². The lowest BCUT2D eigenvalue weighted by Crippen LogP contribution is -2.15. The Kier molecular flexibility index (Phi) is 7.41. The summed E-state index contributed by atoms with van der Waals surface area (Å²) in [7, 11) is 0. The lowest BCUT2D eigenvalue weighted by atomic mass is 10.2. The maximum absolute atomic E-state index is 12.3. The fourth-order valence-electron chi connectivity index (χ4n) is 2.64. The van der Waals surface area contributed by atoms with E-state index in [4.69, 9.17) is 27.9 Å². The Morgan fingerprint density at radius 3 is 2.72 bits per heavy atom. The number of para-hydroxylation sites is 1. The molecule has 0 saturated heterocycles. The van der Waals surface area contributed by atoms with Crippen molar-refractivity contribution in [1.29, 1.82) is 0 Å². The van der Waals surface area contributed by atoms with Crippen LogP contribution in [0.15, 0.2) is 47.6 Å². The molecule has 0 bridgehead atoms. The number of hydrogen-bond acceptors (Lipinski definition) is 5. The number of carbonyl (C=O) groups excluding carboxylic acids is 1. The predicted molar refractivity (Wildman–Crippen MR) is 117 cm³/mol. The monoisotopic (exact) mass is 450 g/mol.